The Morgan fingerprint density at radius 1 is 1.33 bits per heavy atom. The first kappa shape index (κ1) is 14.5. The second kappa shape index (κ2) is 6.51. The molecular formula is C15H15N3O3. The van der Waals surface area contributed by atoms with Crippen molar-refractivity contribution in [1.82, 2.24) is 9.97 Å². The monoisotopic (exact) mass is 285 g/mol. The van der Waals surface area contributed by atoms with Crippen LogP contribution in [-0.4, -0.2) is 23.0 Å². The predicted molar refractivity (Wildman–Crippen MR) is 77.5 cm³/mol. The molecule has 6 heteroatoms. The van der Waals surface area contributed by atoms with Gasteiger partial charge in [-0.05, 0) is 24.1 Å². The first-order valence-corrected chi connectivity index (χ1v) is 6.21. The molecule has 1 aromatic heterocycles. The quantitative estimate of drug-likeness (QED) is 0.821. The molecule has 0 saturated heterocycles. The number of allylic oxidation sites excluding steroid dienone is 1. The summed E-state index contributed by atoms with van der Waals surface area (Å²) >= 11 is 0. The summed E-state index contributed by atoms with van der Waals surface area (Å²) in [6.45, 7) is 3.69. The van der Waals surface area contributed by atoms with Crippen LogP contribution in [0.3, 0.4) is 0 Å². The number of nitrogens with two attached hydrogens (primary N) is 1. The van der Waals surface area contributed by atoms with Gasteiger partial charge < -0.3 is 15.2 Å². The highest BCUT2D eigenvalue weighted by Crippen LogP contribution is 2.31. The van der Waals surface area contributed by atoms with Gasteiger partial charge in [0, 0.05) is 12.4 Å². The van der Waals surface area contributed by atoms with Gasteiger partial charge in [-0.3, -0.25) is 4.79 Å². The molecule has 0 radical (unpaired) electrons. The largest absolute Gasteiger partial charge is 0.493 e. The van der Waals surface area contributed by atoms with E-state index < -0.39 is 5.91 Å². The van der Waals surface area contributed by atoms with E-state index in [0.717, 1.165) is 12.0 Å². The second-order valence-corrected chi connectivity index (χ2v) is 4.20. The summed E-state index contributed by atoms with van der Waals surface area (Å²) in [6.07, 6.45) is 5.16. The normalized spacial score (nSPS) is 9.95. The lowest BCUT2D eigenvalue weighted by atomic mass is 10.1. The van der Waals surface area contributed by atoms with E-state index >= 15 is 0 Å². The van der Waals surface area contributed by atoms with Crippen LogP contribution in [0.2, 0.25) is 0 Å². The zero-order valence-corrected chi connectivity index (χ0v) is 11.6. The highest BCUT2D eigenvalue weighted by Gasteiger charge is 2.09. The van der Waals surface area contributed by atoms with E-state index in [9.17, 15) is 4.79 Å². The molecule has 1 aromatic carbocycles. The van der Waals surface area contributed by atoms with Crippen LogP contribution in [0, 0.1) is 0 Å². The van der Waals surface area contributed by atoms with Crippen LogP contribution in [0.1, 0.15) is 15.9 Å². The minimum absolute atomic E-state index is 0.106. The second-order valence-electron chi connectivity index (χ2n) is 4.20. The Hall–Kier alpha value is -2.89. The van der Waals surface area contributed by atoms with Crippen LogP contribution in [0.4, 0.5) is 0 Å². The van der Waals surface area contributed by atoms with Crippen LogP contribution < -0.4 is 15.2 Å². The smallest absolute Gasteiger partial charge is 0.322 e. The number of primary amides is 1. The van der Waals surface area contributed by atoms with Crippen molar-refractivity contribution in [3.8, 4) is 17.5 Å². The van der Waals surface area contributed by atoms with E-state index in [2.05, 4.69) is 16.5 Å². The van der Waals surface area contributed by atoms with Crippen molar-refractivity contribution in [1.29, 1.82) is 0 Å². The molecule has 0 saturated carbocycles. The van der Waals surface area contributed by atoms with Gasteiger partial charge in [0.05, 0.1) is 12.7 Å². The summed E-state index contributed by atoms with van der Waals surface area (Å²) in [5.74, 6) is 0.460. The van der Waals surface area contributed by atoms with Crippen LogP contribution in [-0.2, 0) is 6.42 Å². The van der Waals surface area contributed by atoms with Gasteiger partial charge in [-0.1, -0.05) is 12.1 Å². The minimum Gasteiger partial charge on any atom is -0.493 e. The number of aromatic nitrogens is 2. The maximum Gasteiger partial charge on any atom is 0.322 e. The number of methoxy groups -OCH3 is 1. The summed E-state index contributed by atoms with van der Waals surface area (Å²) < 4.78 is 10.8. The van der Waals surface area contributed by atoms with Crippen LogP contribution in [0.5, 0.6) is 17.5 Å². The van der Waals surface area contributed by atoms with Crippen LogP contribution in [0.15, 0.2) is 43.2 Å². The Bertz CT molecular complexity index is 654. The zero-order chi connectivity index (χ0) is 15.2. The Morgan fingerprint density at radius 2 is 2.05 bits per heavy atom. The average molecular weight is 285 g/mol. The van der Waals surface area contributed by atoms with Gasteiger partial charge in [0.2, 0.25) is 0 Å². The van der Waals surface area contributed by atoms with Crippen molar-refractivity contribution in [2.45, 2.75) is 6.42 Å². The van der Waals surface area contributed by atoms with E-state index in [0.29, 0.717) is 11.5 Å². The average Bonchev–Trinajstić information content (AvgIpc) is 2.49. The minimum atomic E-state index is -0.590. The number of hydrogen-bond acceptors (Lipinski definition) is 5. The van der Waals surface area contributed by atoms with E-state index in [1.807, 2.05) is 12.1 Å². The molecule has 0 aliphatic heterocycles. The third kappa shape index (κ3) is 3.56. The fourth-order valence-corrected chi connectivity index (χ4v) is 1.68. The van der Waals surface area contributed by atoms with Gasteiger partial charge in [-0.2, -0.15) is 0 Å². The lowest BCUT2D eigenvalue weighted by Gasteiger charge is -2.10. The summed E-state index contributed by atoms with van der Waals surface area (Å²) in [5, 5.41) is 0. The molecule has 6 nitrogen and oxygen atoms in total. The number of carbonyl (C=O) groups excluding carboxylic acids is 1. The summed E-state index contributed by atoms with van der Waals surface area (Å²) in [4.78, 5) is 18.8. The van der Waals surface area contributed by atoms with Gasteiger partial charge in [-0.15, -0.1) is 6.58 Å². The van der Waals surface area contributed by atoms with Gasteiger partial charge in [0.25, 0.3) is 5.91 Å². The lowest BCUT2D eigenvalue weighted by Crippen LogP contribution is -2.11. The Morgan fingerprint density at radius 3 is 2.62 bits per heavy atom. The molecular weight excluding hydrogens is 270 g/mol. The molecule has 1 amide bonds. The fraction of sp³-hybridized carbons (Fsp3) is 0.133. The number of amides is 1. The van der Waals surface area contributed by atoms with Crippen LogP contribution >= 0.6 is 0 Å². The van der Waals surface area contributed by atoms with E-state index in [4.69, 9.17) is 15.2 Å². The van der Waals surface area contributed by atoms with Gasteiger partial charge >= 0.3 is 6.01 Å². The third-order valence-corrected chi connectivity index (χ3v) is 2.72. The maximum atomic E-state index is 10.9. The number of rotatable bonds is 6. The van der Waals surface area contributed by atoms with Crippen molar-refractivity contribution < 1.29 is 14.3 Å². The van der Waals surface area contributed by atoms with Crippen molar-refractivity contribution in [3.05, 3.63) is 54.4 Å². The number of hydrogen-bond donors (Lipinski definition) is 1. The predicted octanol–water partition coefficient (Wildman–Crippen LogP) is 2.10. The van der Waals surface area contributed by atoms with Gasteiger partial charge in [0.1, 0.15) is 0 Å². The molecule has 2 aromatic rings. The van der Waals surface area contributed by atoms with Crippen molar-refractivity contribution in [2.24, 2.45) is 5.73 Å². The molecule has 1 heterocycles. The van der Waals surface area contributed by atoms with E-state index in [-0.39, 0.29) is 11.6 Å². The Labute approximate surface area is 122 Å². The van der Waals surface area contributed by atoms with Crippen molar-refractivity contribution in [2.75, 3.05) is 7.11 Å². The Kier molecular flexibility index (Phi) is 4.50. The highest BCUT2D eigenvalue weighted by atomic mass is 16.5. The molecule has 21 heavy (non-hydrogen) atoms. The maximum absolute atomic E-state index is 10.9. The zero-order valence-electron chi connectivity index (χ0n) is 11.6. The number of nitrogens with zero attached hydrogens (tertiary/aromatic N) is 2. The van der Waals surface area contributed by atoms with Crippen molar-refractivity contribution in [3.63, 3.8) is 0 Å². The number of benzene rings is 1. The fourth-order valence-electron chi connectivity index (χ4n) is 1.68. The van der Waals surface area contributed by atoms with Crippen LogP contribution in [0.25, 0.3) is 0 Å². The Balaban J connectivity index is 2.22. The molecule has 2 N–H and O–H groups in total. The number of ether oxygens (including phenoxy) is 2. The first-order chi connectivity index (χ1) is 10.1. The lowest BCUT2D eigenvalue weighted by molar-refractivity contribution is 0.0999. The van der Waals surface area contributed by atoms with E-state index in [1.54, 1.807) is 19.3 Å². The topological polar surface area (TPSA) is 87.3 Å². The van der Waals surface area contributed by atoms with Gasteiger partial charge in [0.15, 0.2) is 11.5 Å². The van der Waals surface area contributed by atoms with Gasteiger partial charge in [-0.25, -0.2) is 9.97 Å². The third-order valence-electron chi connectivity index (χ3n) is 2.72. The first-order valence-electron chi connectivity index (χ1n) is 6.21. The molecule has 0 aliphatic rings. The molecule has 0 atom stereocenters. The SMILES string of the molecule is C=CCc1ccc(Oc2ncc(C(N)=O)cn2)c(OC)c1. The van der Waals surface area contributed by atoms with E-state index in [1.165, 1.54) is 12.4 Å². The molecule has 2 rings (SSSR count). The molecule has 108 valence electrons. The standard InChI is InChI=1S/C15H15N3O3/c1-3-4-10-5-6-12(13(7-10)20-2)21-15-17-8-11(9-18-15)14(16)19/h3,5-9H,1,4H2,2H3,(H2,16,19). The molecule has 0 bridgehead atoms. The highest BCUT2D eigenvalue weighted by molar-refractivity contribution is 5.92. The molecule has 0 spiro atoms. The van der Waals surface area contributed by atoms with Crippen molar-refractivity contribution >= 4 is 5.91 Å². The molecule has 0 aliphatic carbocycles. The summed E-state index contributed by atoms with van der Waals surface area (Å²) in [5.41, 5.74) is 6.39. The molecule has 0 unspecified atom stereocenters. The number of carbonyl (C=O) groups is 1. The summed E-state index contributed by atoms with van der Waals surface area (Å²) in [7, 11) is 1.55. The molecule has 0 fully saturated rings. The summed E-state index contributed by atoms with van der Waals surface area (Å²) in [6, 6.07) is 5.63.